The van der Waals surface area contributed by atoms with Gasteiger partial charge in [0.15, 0.2) is 0 Å². The van der Waals surface area contributed by atoms with Gasteiger partial charge in [-0.15, -0.1) is 0 Å². The van der Waals surface area contributed by atoms with E-state index in [1.165, 1.54) is 68.0 Å². The van der Waals surface area contributed by atoms with Gasteiger partial charge in [-0.2, -0.15) is 23.5 Å². The Balaban J connectivity index is 2.01. The van der Waals surface area contributed by atoms with Crippen LogP contribution >= 0.6 is 23.5 Å². The zero-order valence-electron chi connectivity index (χ0n) is 15.4. The molecule has 24 heavy (non-hydrogen) atoms. The largest absolute Gasteiger partial charge is 0.481 e. The minimum absolute atomic E-state index is 0.338. The fourth-order valence-corrected chi connectivity index (χ4v) is 5.99. The SMILES string of the molecule is CCCCCC=CCSC[C@@H]1CSC[C@@H]1CCCCCCC(=O)O. The van der Waals surface area contributed by atoms with Gasteiger partial charge in [0.05, 0.1) is 0 Å². The van der Waals surface area contributed by atoms with E-state index in [2.05, 4.69) is 42.6 Å². The third-order valence-corrected chi connectivity index (χ3v) is 7.15. The third-order valence-electron chi connectivity index (χ3n) is 4.73. The number of aliphatic carboxylic acids is 1. The molecule has 1 N–H and O–H groups in total. The number of carboxylic acids is 1. The molecule has 4 heteroatoms. The van der Waals surface area contributed by atoms with Crippen molar-refractivity contribution in [1.82, 2.24) is 0 Å². The zero-order chi connectivity index (χ0) is 17.5. The van der Waals surface area contributed by atoms with E-state index in [-0.39, 0.29) is 0 Å². The summed E-state index contributed by atoms with van der Waals surface area (Å²) in [5, 5.41) is 8.64. The monoisotopic (exact) mass is 372 g/mol. The van der Waals surface area contributed by atoms with Crippen molar-refractivity contribution in [2.24, 2.45) is 11.8 Å². The molecule has 0 spiro atoms. The first-order valence-electron chi connectivity index (χ1n) is 9.76. The van der Waals surface area contributed by atoms with E-state index in [9.17, 15) is 4.79 Å². The Bertz CT molecular complexity index is 345. The van der Waals surface area contributed by atoms with Crippen molar-refractivity contribution in [3.63, 3.8) is 0 Å². The van der Waals surface area contributed by atoms with Gasteiger partial charge in [0.1, 0.15) is 0 Å². The van der Waals surface area contributed by atoms with Gasteiger partial charge < -0.3 is 5.11 Å². The molecule has 1 heterocycles. The maximum atomic E-state index is 10.5. The molecule has 1 fully saturated rings. The molecule has 1 aliphatic heterocycles. The number of rotatable bonds is 15. The second-order valence-electron chi connectivity index (χ2n) is 6.91. The van der Waals surface area contributed by atoms with Gasteiger partial charge >= 0.3 is 5.97 Å². The molecule has 0 bridgehead atoms. The number of hydrogen-bond donors (Lipinski definition) is 1. The highest BCUT2D eigenvalue weighted by atomic mass is 32.2. The van der Waals surface area contributed by atoms with Crippen LogP contribution in [0.4, 0.5) is 0 Å². The Kier molecular flexibility index (Phi) is 13.9. The van der Waals surface area contributed by atoms with Gasteiger partial charge in [-0.25, -0.2) is 0 Å². The predicted octanol–water partition coefficient (Wildman–Crippen LogP) is 6.26. The fraction of sp³-hybridized carbons (Fsp3) is 0.850. The Morgan fingerprint density at radius 3 is 2.67 bits per heavy atom. The van der Waals surface area contributed by atoms with E-state index in [1.807, 2.05) is 0 Å². The van der Waals surface area contributed by atoms with Crippen molar-refractivity contribution in [3.8, 4) is 0 Å². The number of hydrogen-bond acceptors (Lipinski definition) is 3. The number of carboxylic acid groups (broad SMARTS) is 1. The standard InChI is InChI=1S/C20H36O2S2/c1-2-3-4-5-8-11-14-23-16-19-17-24-15-18(19)12-9-6-7-10-13-20(21)22/h8,11,18-19H,2-7,9-10,12-17H2,1H3,(H,21,22)/t18-,19+/m0/s1. The summed E-state index contributed by atoms with van der Waals surface area (Å²) in [7, 11) is 0. The van der Waals surface area contributed by atoms with E-state index in [1.54, 1.807) is 0 Å². The molecule has 0 unspecified atom stereocenters. The molecule has 0 aliphatic carbocycles. The van der Waals surface area contributed by atoms with Crippen molar-refractivity contribution in [3.05, 3.63) is 12.2 Å². The molecule has 0 amide bonds. The van der Waals surface area contributed by atoms with Crippen molar-refractivity contribution in [1.29, 1.82) is 0 Å². The molecular weight excluding hydrogens is 336 g/mol. The van der Waals surface area contributed by atoms with Crippen LogP contribution in [0.15, 0.2) is 12.2 Å². The quantitative estimate of drug-likeness (QED) is 0.272. The van der Waals surface area contributed by atoms with Crippen LogP contribution in [-0.2, 0) is 4.79 Å². The minimum atomic E-state index is -0.654. The van der Waals surface area contributed by atoms with E-state index in [0.29, 0.717) is 6.42 Å². The fourth-order valence-electron chi connectivity index (χ4n) is 3.17. The van der Waals surface area contributed by atoms with Gasteiger partial charge in [0.2, 0.25) is 0 Å². The molecule has 2 nitrogen and oxygen atoms in total. The van der Waals surface area contributed by atoms with Crippen molar-refractivity contribution < 1.29 is 9.90 Å². The van der Waals surface area contributed by atoms with E-state index in [0.717, 1.165) is 24.7 Å². The van der Waals surface area contributed by atoms with Crippen molar-refractivity contribution in [2.75, 3.05) is 23.0 Å². The Morgan fingerprint density at radius 1 is 1.08 bits per heavy atom. The Morgan fingerprint density at radius 2 is 1.88 bits per heavy atom. The van der Waals surface area contributed by atoms with E-state index in [4.69, 9.17) is 5.11 Å². The molecular formula is C20H36O2S2. The summed E-state index contributed by atoms with van der Waals surface area (Å²) in [4.78, 5) is 10.5. The molecule has 2 atom stereocenters. The molecule has 0 radical (unpaired) electrons. The molecule has 0 aromatic heterocycles. The van der Waals surface area contributed by atoms with Crippen LogP contribution in [0.2, 0.25) is 0 Å². The van der Waals surface area contributed by atoms with Crippen LogP contribution in [-0.4, -0.2) is 34.1 Å². The molecule has 140 valence electrons. The van der Waals surface area contributed by atoms with E-state index < -0.39 is 5.97 Å². The summed E-state index contributed by atoms with van der Waals surface area (Å²) in [5.74, 6) is 6.32. The molecule has 0 saturated carbocycles. The molecule has 0 aromatic rings. The maximum Gasteiger partial charge on any atom is 0.303 e. The lowest BCUT2D eigenvalue weighted by atomic mass is 9.92. The predicted molar refractivity (Wildman–Crippen MR) is 110 cm³/mol. The van der Waals surface area contributed by atoms with Gasteiger partial charge in [-0.3, -0.25) is 4.79 Å². The second-order valence-corrected chi connectivity index (χ2v) is 9.06. The first-order valence-corrected chi connectivity index (χ1v) is 12.1. The highest BCUT2D eigenvalue weighted by Crippen LogP contribution is 2.35. The van der Waals surface area contributed by atoms with Crippen LogP contribution in [0.1, 0.15) is 71.1 Å². The smallest absolute Gasteiger partial charge is 0.303 e. The summed E-state index contributed by atoms with van der Waals surface area (Å²) in [6, 6.07) is 0. The Hall–Kier alpha value is -0.0900. The lowest BCUT2D eigenvalue weighted by Crippen LogP contribution is -2.15. The lowest BCUT2D eigenvalue weighted by molar-refractivity contribution is -0.137. The second kappa shape index (κ2) is 15.2. The average molecular weight is 373 g/mol. The highest BCUT2D eigenvalue weighted by molar-refractivity contribution is 8.00. The van der Waals surface area contributed by atoms with E-state index >= 15 is 0 Å². The topological polar surface area (TPSA) is 37.3 Å². The molecule has 0 aromatic carbocycles. The normalized spacial score (nSPS) is 20.9. The zero-order valence-corrected chi connectivity index (χ0v) is 17.0. The minimum Gasteiger partial charge on any atom is -0.481 e. The van der Waals surface area contributed by atoms with Gasteiger partial charge in [0, 0.05) is 12.2 Å². The van der Waals surface area contributed by atoms with Crippen molar-refractivity contribution >= 4 is 29.5 Å². The van der Waals surface area contributed by atoms with Crippen molar-refractivity contribution in [2.45, 2.75) is 71.1 Å². The number of unbranched alkanes of at least 4 members (excludes halogenated alkanes) is 6. The molecule has 1 saturated heterocycles. The summed E-state index contributed by atoms with van der Waals surface area (Å²) < 4.78 is 0. The molecule has 1 aliphatic rings. The van der Waals surface area contributed by atoms with Gasteiger partial charge in [-0.05, 0) is 54.8 Å². The summed E-state index contributed by atoms with van der Waals surface area (Å²) >= 11 is 4.23. The van der Waals surface area contributed by atoms with Gasteiger partial charge in [0.25, 0.3) is 0 Å². The van der Waals surface area contributed by atoms with Crippen LogP contribution in [0.25, 0.3) is 0 Å². The van der Waals surface area contributed by atoms with Crippen LogP contribution < -0.4 is 0 Å². The maximum absolute atomic E-state index is 10.5. The highest BCUT2D eigenvalue weighted by Gasteiger charge is 2.26. The number of carbonyl (C=O) groups is 1. The lowest BCUT2D eigenvalue weighted by Gasteiger charge is -2.18. The average Bonchev–Trinajstić information content (AvgIpc) is 3.00. The third kappa shape index (κ3) is 11.5. The number of allylic oxidation sites excluding steroid dienone is 1. The van der Waals surface area contributed by atoms with Crippen LogP contribution in [0, 0.1) is 11.8 Å². The first-order chi connectivity index (χ1) is 11.7. The summed E-state index contributed by atoms with van der Waals surface area (Å²) in [6.45, 7) is 2.26. The molecule has 1 rings (SSSR count). The van der Waals surface area contributed by atoms with Crippen LogP contribution in [0.3, 0.4) is 0 Å². The summed E-state index contributed by atoms with van der Waals surface area (Å²) in [5.41, 5.74) is 0. The van der Waals surface area contributed by atoms with Crippen LogP contribution in [0.5, 0.6) is 0 Å². The number of thioether (sulfide) groups is 2. The summed E-state index contributed by atoms with van der Waals surface area (Å²) in [6.07, 6.45) is 16.1. The van der Waals surface area contributed by atoms with Gasteiger partial charge in [-0.1, -0.05) is 51.2 Å². The Labute approximate surface area is 157 Å². The first kappa shape index (κ1) is 22.0.